The second-order valence-corrected chi connectivity index (χ2v) is 2.97. The van der Waals surface area contributed by atoms with E-state index in [2.05, 4.69) is 9.16 Å². The lowest BCUT2D eigenvalue weighted by Gasteiger charge is -1.53. The van der Waals surface area contributed by atoms with Crippen molar-refractivity contribution in [2.24, 2.45) is 0 Å². The maximum absolute atomic E-state index is 10.1. The summed E-state index contributed by atoms with van der Waals surface area (Å²) in [5.41, 5.74) is -0.495. The van der Waals surface area contributed by atoms with Gasteiger partial charge in [0.2, 0.25) is 0 Å². The molecule has 0 aromatic carbocycles. The minimum atomic E-state index is -1.67. The molecule has 1 atom stereocenters. The molecule has 2 aliphatic heterocycles. The number of epoxide rings is 1. The SMILES string of the molecule is O=[Si]1OC12CO2. The van der Waals surface area contributed by atoms with Crippen LogP contribution in [0.4, 0.5) is 0 Å². The van der Waals surface area contributed by atoms with Crippen molar-refractivity contribution in [2.45, 2.75) is 5.41 Å². The van der Waals surface area contributed by atoms with Gasteiger partial charge in [-0.3, -0.25) is 0 Å². The topological polar surface area (TPSA) is 42.1 Å². The van der Waals surface area contributed by atoms with E-state index < -0.39 is 14.3 Å². The predicted octanol–water partition coefficient (Wildman–Crippen LogP) is -0.799. The third-order valence-corrected chi connectivity index (χ3v) is 2.28. The summed E-state index contributed by atoms with van der Waals surface area (Å²) in [6.45, 7) is 0.560. The van der Waals surface area contributed by atoms with Crippen molar-refractivity contribution in [3.63, 3.8) is 0 Å². The highest BCUT2D eigenvalue weighted by atomic mass is 28.3. The van der Waals surface area contributed by atoms with Gasteiger partial charge in [-0.05, 0) is 0 Å². The molecule has 2 rings (SSSR count). The summed E-state index contributed by atoms with van der Waals surface area (Å²) in [7, 11) is -1.67. The Morgan fingerprint density at radius 1 is 1.83 bits per heavy atom. The lowest BCUT2D eigenvalue weighted by molar-refractivity contribution is 0.260. The Morgan fingerprint density at radius 3 is 2.33 bits per heavy atom. The van der Waals surface area contributed by atoms with Gasteiger partial charge >= 0.3 is 14.3 Å². The molecular formula is C2H2O3Si. The van der Waals surface area contributed by atoms with E-state index in [1.807, 2.05) is 0 Å². The smallest absolute Gasteiger partial charge is 0.485 e. The van der Waals surface area contributed by atoms with Gasteiger partial charge < -0.3 is 13.6 Å². The molecular weight excluding hydrogens is 100 g/mol. The molecule has 0 radical (unpaired) electrons. The fourth-order valence-corrected chi connectivity index (χ4v) is 1.17. The first-order chi connectivity index (χ1) is 2.83. The fourth-order valence-electron chi connectivity index (χ4n) is 0.367. The second-order valence-electron chi connectivity index (χ2n) is 1.43. The van der Waals surface area contributed by atoms with Gasteiger partial charge in [-0.2, -0.15) is 0 Å². The van der Waals surface area contributed by atoms with Crippen molar-refractivity contribution >= 4 is 8.93 Å². The van der Waals surface area contributed by atoms with Crippen LogP contribution in [0.3, 0.4) is 0 Å². The average molecular weight is 102 g/mol. The molecule has 0 aromatic heterocycles. The maximum Gasteiger partial charge on any atom is 0.584 e. The van der Waals surface area contributed by atoms with E-state index >= 15 is 0 Å². The van der Waals surface area contributed by atoms with Gasteiger partial charge in [0.15, 0.2) is 0 Å². The Bertz CT molecular complexity index is 116. The Hall–Kier alpha value is -0.223. The first kappa shape index (κ1) is 2.87. The highest BCUT2D eigenvalue weighted by Gasteiger charge is 2.74. The van der Waals surface area contributed by atoms with Crippen LogP contribution in [0.5, 0.6) is 0 Å². The monoisotopic (exact) mass is 102 g/mol. The highest BCUT2D eigenvalue weighted by Crippen LogP contribution is 2.41. The largest absolute Gasteiger partial charge is 0.584 e. The molecule has 6 heavy (non-hydrogen) atoms. The lowest BCUT2D eigenvalue weighted by atomic mass is 10.9. The van der Waals surface area contributed by atoms with Gasteiger partial charge in [-0.15, -0.1) is 0 Å². The normalized spacial score (nSPS) is 49.0. The minimum Gasteiger partial charge on any atom is -0.485 e. The first-order valence-corrected chi connectivity index (χ1v) is 3.03. The lowest BCUT2D eigenvalue weighted by Crippen LogP contribution is -1.83. The van der Waals surface area contributed by atoms with Crippen LogP contribution in [0.1, 0.15) is 0 Å². The van der Waals surface area contributed by atoms with E-state index in [1.165, 1.54) is 0 Å². The summed E-state index contributed by atoms with van der Waals surface area (Å²) in [5.74, 6) is 0. The first-order valence-electron chi connectivity index (χ1n) is 1.71. The minimum absolute atomic E-state index is 0.495. The molecule has 4 heteroatoms. The summed E-state index contributed by atoms with van der Waals surface area (Å²) >= 11 is 0. The fraction of sp³-hybridized carbons (Fsp3) is 1.00. The average Bonchev–Trinajstić information content (AvgIpc) is 2.25. The molecule has 0 saturated carbocycles. The van der Waals surface area contributed by atoms with Gasteiger partial charge in [-0.25, -0.2) is 0 Å². The van der Waals surface area contributed by atoms with Gasteiger partial charge in [0.1, 0.15) is 6.61 Å². The van der Waals surface area contributed by atoms with Gasteiger partial charge in [0, 0.05) is 0 Å². The quantitative estimate of drug-likeness (QED) is 0.297. The van der Waals surface area contributed by atoms with Crippen molar-refractivity contribution in [3.05, 3.63) is 0 Å². The van der Waals surface area contributed by atoms with Gasteiger partial charge in [0.25, 0.3) is 0 Å². The van der Waals surface area contributed by atoms with Crippen molar-refractivity contribution in [3.8, 4) is 0 Å². The molecule has 2 aliphatic rings. The molecule has 0 aliphatic carbocycles. The molecule has 3 nitrogen and oxygen atoms in total. The second kappa shape index (κ2) is 0.491. The molecule has 0 aromatic rings. The molecule has 0 N–H and O–H groups in total. The van der Waals surface area contributed by atoms with E-state index in [9.17, 15) is 4.46 Å². The number of ether oxygens (including phenoxy) is 1. The van der Waals surface area contributed by atoms with Crippen molar-refractivity contribution < 1.29 is 13.6 Å². The Labute approximate surface area is 35.6 Å². The van der Waals surface area contributed by atoms with Crippen molar-refractivity contribution in [1.82, 2.24) is 0 Å². The molecule has 0 amide bonds. The Kier molecular flexibility index (Phi) is 0.235. The van der Waals surface area contributed by atoms with Crippen LogP contribution in [0.25, 0.3) is 0 Å². The van der Waals surface area contributed by atoms with Crippen LogP contribution in [0.2, 0.25) is 0 Å². The zero-order valence-corrected chi connectivity index (χ0v) is 3.93. The summed E-state index contributed by atoms with van der Waals surface area (Å²) in [6, 6.07) is 0. The van der Waals surface area contributed by atoms with Crippen LogP contribution < -0.4 is 0 Å². The van der Waals surface area contributed by atoms with E-state index in [1.54, 1.807) is 0 Å². The van der Waals surface area contributed by atoms with Crippen molar-refractivity contribution in [2.75, 3.05) is 6.61 Å². The van der Waals surface area contributed by atoms with Crippen LogP contribution >= 0.6 is 0 Å². The highest BCUT2D eigenvalue weighted by molar-refractivity contribution is 6.49. The van der Waals surface area contributed by atoms with E-state index in [0.29, 0.717) is 6.61 Å². The Morgan fingerprint density at radius 2 is 2.33 bits per heavy atom. The predicted molar refractivity (Wildman–Crippen MR) is 16.2 cm³/mol. The van der Waals surface area contributed by atoms with Crippen LogP contribution in [0.15, 0.2) is 0 Å². The van der Waals surface area contributed by atoms with Gasteiger partial charge in [0.05, 0.1) is 0 Å². The van der Waals surface area contributed by atoms with Crippen LogP contribution in [-0.4, -0.2) is 20.9 Å². The molecule has 2 fully saturated rings. The summed E-state index contributed by atoms with van der Waals surface area (Å²) in [5, 5.41) is 0. The molecule has 1 unspecified atom stereocenters. The van der Waals surface area contributed by atoms with E-state index in [0.717, 1.165) is 0 Å². The zero-order chi connectivity index (χ0) is 4.20. The summed E-state index contributed by atoms with van der Waals surface area (Å²) < 4.78 is 19.3. The third-order valence-electron chi connectivity index (χ3n) is 0.933. The third kappa shape index (κ3) is 0.153. The van der Waals surface area contributed by atoms with E-state index in [4.69, 9.17) is 0 Å². The van der Waals surface area contributed by atoms with Crippen LogP contribution in [0, 0.1) is 0 Å². The summed E-state index contributed by atoms with van der Waals surface area (Å²) in [6.07, 6.45) is 0. The maximum atomic E-state index is 10.1. The van der Waals surface area contributed by atoms with E-state index in [-0.39, 0.29) is 0 Å². The summed E-state index contributed by atoms with van der Waals surface area (Å²) in [4.78, 5) is 0. The standard InChI is InChI=1S/C2H2O3Si/c3-6-2(5-6)1-4-2/h1H2. The van der Waals surface area contributed by atoms with Gasteiger partial charge in [-0.1, -0.05) is 0 Å². The van der Waals surface area contributed by atoms with Crippen LogP contribution in [-0.2, 0) is 13.6 Å². The number of rotatable bonds is 0. The molecule has 2 saturated heterocycles. The molecule has 1 spiro atoms. The number of hydrogen-bond donors (Lipinski definition) is 0. The molecule has 2 heterocycles. The Balaban J connectivity index is 2.36. The zero-order valence-electron chi connectivity index (χ0n) is 2.93. The number of hydrogen-bond acceptors (Lipinski definition) is 3. The molecule has 32 valence electrons. The molecule has 0 bridgehead atoms. The van der Waals surface area contributed by atoms with Crippen molar-refractivity contribution in [1.29, 1.82) is 0 Å².